The van der Waals surface area contributed by atoms with E-state index in [9.17, 15) is 26.3 Å². The first-order valence-electron chi connectivity index (χ1n) is 10.00. The van der Waals surface area contributed by atoms with Crippen molar-refractivity contribution in [2.24, 2.45) is 11.0 Å². The van der Waals surface area contributed by atoms with E-state index in [0.29, 0.717) is 24.4 Å². The molecule has 0 saturated carbocycles. The van der Waals surface area contributed by atoms with Gasteiger partial charge < -0.3 is 4.90 Å². The number of benzene rings is 2. The van der Waals surface area contributed by atoms with E-state index in [1.807, 2.05) is 4.90 Å². The molecule has 0 radical (unpaired) electrons. The first kappa shape index (κ1) is 22.4. The largest absolute Gasteiger partial charge is 0.416 e. The second kappa shape index (κ2) is 7.95. The minimum absolute atomic E-state index is 0.00791. The van der Waals surface area contributed by atoms with Crippen LogP contribution in [0.1, 0.15) is 28.3 Å². The van der Waals surface area contributed by atoms with Crippen molar-refractivity contribution < 1.29 is 26.3 Å². The molecule has 2 heterocycles. The third kappa shape index (κ3) is 4.13. The average molecular weight is 453 g/mol. The van der Waals surface area contributed by atoms with Gasteiger partial charge >= 0.3 is 12.4 Å². The zero-order valence-electron chi connectivity index (χ0n) is 17.4. The zero-order chi connectivity index (χ0) is 23.3. The van der Waals surface area contributed by atoms with Crippen molar-refractivity contribution in [1.29, 1.82) is 0 Å². The van der Waals surface area contributed by atoms with Crippen LogP contribution >= 0.6 is 0 Å². The first-order chi connectivity index (χ1) is 15.0. The van der Waals surface area contributed by atoms with Gasteiger partial charge in [-0.3, -0.25) is 5.01 Å². The van der Waals surface area contributed by atoms with E-state index in [1.165, 1.54) is 41.4 Å². The Morgan fingerprint density at radius 1 is 0.875 bits per heavy atom. The molecule has 0 amide bonds. The van der Waals surface area contributed by atoms with E-state index in [2.05, 4.69) is 5.10 Å². The summed E-state index contributed by atoms with van der Waals surface area (Å²) >= 11 is 0. The van der Waals surface area contributed by atoms with E-state index >= 15 is 0 Å². The molecule has 3 nitrogen and oxygen atoms in total. The predicted molar refractivity (Wildman–Crippen MR) is 110 cm³/mol. The number of piperidine rings is 1. The maximum Gasteiger partial charge on any atom is 0.416 e. The molecule has 0 aliphatic carbocycles. The van der Waals surface area contributed by atoms with Gasteiger partial charge in [0.2, 0.25) is 0 Å². The summed E-state index contributed by atoms with van der Waals surface area (Å²) in [5.41, 5.74) is -0.272. The van der Waals surface area contributed by atoms with Crippen LogP contribution in [0.2, 0.25) is 0 Å². The van der Waals surface area contributed by atoms with Crippen LogP contribution in [0.4, 0.5) is 26.3 Å². The predicted octanol–water partition coefficient (Wildman–Crippen LogP) is 5.71. The molecule has 0 spiro atoms. The Morgan fingerprint density at radius 3 is 2.12 bits per heavy atom. The minimum atomic E-state index is -4.52. The molecule has 2 aliphatic heterocycles. The van der Waals surface area contributed by atoms with Crippen molar-refractivity contribution in [3.05, 3.63) is 76.4 Å². The van der Waals surface area contributed by atoms with Crippen molar-refractivity contribution in [3.8, 4) is 0 Å². The monoisotopic (exact) mass is 453 g/mol. The van der Waals surface area contributed by atoms with E-state index < -0.39 is 35.4 Å². The molecule has 2 aliphatic rings. The first-order valence-corrected chi connectivity index (χ1v) is 10.00. The van der Waals surface area contributed by atoms with Gasteiger partial charge in [-0.05, 0) is 42.0 Å². The number of nitrogens with zero attached hydrogens (tertiary/aromatic N) is 3. The zero-order valence-corrected chi connectivity index (χ0v) is 17.4. The van der Waals surface area contributed by atoms with Gasteiger partial charge in [-0.1, -0.05) is 36.4 Å². The Bertz CT molecular complexity index is 1070. The lowest BCUT2D eigenvalue weighted by atomic mass is 9.82. The van der Waals surface area contributed by atoms with Crippen molar-refractivity contribution in [2.45, 2.75) is 18.4 Å². The Hall–Kier alpha value is -2.81. The SMILES string of the molecule is CN1C/C(=C\c2ccccc2C(F)(F)F)C2=NN(C)C(c3ccccc3C(F)(F)F)C2C1. The molecule has 9 heteroatoms. The quantitative estimate of drug-likeness (QED) is 0.543. The molecule has 0 N–H and O–H groups in total. The maximum absolute atomic E-state index is 13.7. The maximum atomic E-state index is 13.7. The van der Waals surface area contributed by atoms with Crippen LogP contribution in [0.5, 0.6) is 0 Å². The molecule has 32 heavy (non-hydrogen) atoms. The number of hydrazone groups is 1. The van der Waals surface area contributed by atoms with Gasteiger partial charge in [0, 0.05) is 26.1 Å². The fraction of sp³-hybridized carbons (Fsp3) is 0.348. The number of halogens is 6. The van der Waals surface area contributed by atoms with Crippen LogP contribution in [0.15, 0.2) is 59.2 Å². The summed E-state index contributed by atoms with van der Waals surface area (Å²) in [6.45, 7) is 0.793. The van der Waals surface area contributed by atoms with E-state index in [0.717, 1.165) is 12.1 Å². The van der Waals surface area contributed by atoms with E-state index in [4.69, 9.17) is 0 Å². The highest BCUT2D eigenvalue weighted by Gasteiger charge is 2.45. The minimum Gasteiger partial charge on any atom is -0.301 e. The van der Waals surface area contributed by atoms with Gasteiger partial charge in [0.05, 0.1) is 22.9 Å². The summed E-state index contributed by atoms with van der Waals surface area (Å²) in [5, 5.41) is 6.00. The second-order valence-electron chi connectivity index (χ2n) is 8.15. The van der Waals surface area contributed by atoms with Gasteiger partial charge in [-0.15, -0.1) is 0 Å². The molecule has 2 atom stereocenters. The third-order valence-corrected chi connectivity index (χ3v) is 5.86. The fourth-order valence-corrected chi connectivity index (χ4v) is 4.60. The van der Waals surface area contributed by atoms with Gasteiger partial charge in [0.1, 0.15) is 0 Å². The molecule has 2 aromatic rings. The van der Waals surface area contributed by atoms with Gasteiger partial charge in [0.15, 0.2) is 0 Å². The van der Waals surface area contributed by atoms with Crippen molar-refractivity contribution >= 4 is 11.8 Å². The Balaban J connectivity index is 1.78. The lowest BCUT2D eigenvalue weighted by molar-refractivity contribution is -0.139. The van der Waals surface area contributed by atoms with Crippen LogP contribution in [0.3, 0.4) is 0 Å². The van der Waals surface area contributed by atoms with Crippen LogP contribution in [-0.2, 0) is 12.4 Å². The lowest BCUT2D eigenvalue weighted by Crippen LogP contribution is -2.41. The Labute approximate surface area is 181 Å². The van der Waals surface area contributed by atoms with E-state index in [1.54, 1.807) is 20.2 Å². The summed E-state index contributed by atoms with van der Waals surface area (Å²) in [6, 6.07) is 9.96. The van der Waals surface area contributed by atoms with Crippen molar-refractivity contribution in [2.75, 3.05) is 27.2 Å². The second-order valence-corrected chi connectivity index (χ2v) is 8.15. The average Bonchev–Trinajstić information content (AvgIpc) is 3.02. The van der Waals surface area contributed by atoms with Gasteiger partial charge in [-0.2, -0.15) is 31.4 Å². The van der Waals surface area contributed by atoms with Gasteiger partial charge in [-0.25, -0.2) is 0 Å². The standard InChI is InChI=1S/C23H21F6N3/c1-31-12-15(11-14-7-3-5-9-18(14)22(24,25)26)20-17(13-31)21(32(2)30-20)16-8-4-6-10-19(16)23(27,28)29/h3-11,17,21H,12-13H2,1-2H3/b15-11+. The number of fused-ring (bicyclic) bond motifs is 1. The van der Waals surface area contributed by atoms with Crippen molar-refractivity contribution in [3.63, 3.8) is 0 Å². The molecule has 170 valence electrons. The van der Waals surface area contributed by atoms with Crippen LogP contribution in [0, 0.1) is 5.92 Å². The lowest BCUT2D eigenvalue weighted by Gasteiger charge is -2.34. The van der Waals surface area contributed by atoms with Crippen molar-refractivity contribution in [1.82, 2.24) is 9.91 Å². The Kier molecular flexibility index (Phi) is 5.56. The molecular formula is C23H21F6N3. The summed E-state index contributed by atoms with van der Waals surface area (Å²) in [4.78, 5) is 1.90. The number of likely N-dealkylation sites (tertiary alicyclic amines) is 1. The summed E-state index contributed by atoms with van der Waals surface area (Å²) in [6.07, 6.45) is -7.59. The summed E-state index contributed by atoms with van der Waals surface area (Å²) in [7, 11) is 3.40. The molecule has 2 aromatic carbocycles. The van der Waals surface area contributed by atoms with Crippen LogP contribution < -0.4 is 0 Å². The molecule has 2 unspecified atom stereocenters. The number of alkyl halides is 6. The molecule has 1 fully saturated rings. The van der Waals surface area contributed by atoms with E-state index in [-0.39, 0.29) is 11.1 Å². The number of hydrogen-bond acceptors (Lipinski definition) is 3. The fourth-order valence-electron chi connectivity index (χ4n) is 4.60. The highest BCUT2D eigenvalue weighted by atomic mass is 19.4. The highest BCUT2D eigenvalue weighted by Crippen LogP contribution is 2.44. The smallest absolute Gasteiger partial charge is 0.301 e. The number of hydrogen-bond donors (Lipinski definition) is 0. The highest BCUT2D eigenvalue weighted by molar-refractivity contribution is 6.07. The molecule has 1 saturated heterocycles. The van der Waals surface area contributed by atoms with Gasteiger partial charge in [0.25, 0.3) is 0 Å². The number of rotatable bonds is 2. The number of likely N-dealkylation sites (N-methyl/N-ethyl adjacent to an activating group) is 1. The summed E-state index contributed by atoms with van der Waals surface area (Å²) in [5.74, 6) is -0.411. The topological polar surface area (TPSA) is 18.8 Å². The molecule has 0 aromatic heterocycles. The van der Waals surface area contributed by atoms with Crippen LogP contribution in [-0.4, -0.2) is 42.8 Å². The third-order valence-electron chi connectivity index (χ3n) is 5.86. The molecular weight excluding hydrogens is 432 g/mol. The molecule has 4 rings (SSSR count). The Morgan fingerprint density at radius 2 is 1.47 bits per heavy atom. The van der Waals surface area contributed by atoms with Crippen LogP contribution in [0.25, 0.3) is 6.08 Å². The summed E-state index contributed by atoms with van der Waals surface area (Å²) < 4.78 is 81.4. The molecule has 0 bridgehead atoms. The normalized spacial score (nSPS) is 23.4.